The Morgan fingerprint density at radius 1 is 0.967 bits per heavy atom. The molecule has 3 aromatic carbocycles. The van der Waals surface area contributed by atoms with Crippen molar-refractivity contribution in [1.29, 1.82) is 0 Å². The zero-order valence-corrected chi connectivity index (χ0v) is 16.8. The maximum Gasteiger partial charge on any atom is 0.269 e. The summed E-state index contributed by atoms with van der Waals surface area (Å²) in [4.78, 5) is 29.8. The number of amides is 2. The highest BCUT2D eigenvalue weighted by atomic mass is 35.5. The normalized spacial score (nSPS) is 15.5. The fourth-order valence-corrected chi connectivity index (χ4v) is 3.37. The number of carbonyl (C=O) groups is 2. The Kier molecular flexibility index (Phi) is 5.53. The first-order chi connectivity index (χ1) is 14.4. The molecule has 2 N–H and O–H groups in total. The van der Waals surface area contributed by atoms with Crippen molar-refractivity contribution in [3.63, 3.8) is 0 Å². The number of hydrogen-bond acceptors (Lipinski definition) is 3. The second-order valence-electron chi connectivity index (χ2n) is 6.50. The number of benzodiazepines with no additional fused rings is 1. The van der Waals surface area contributed by atoms with Gasteiger partial charge in [-0.05, 0) is 36.4 Å². The van der Waals surface area contributed by atoms with Gasteiger partial charge in [-0.1, -0.05) is 53.5 Å². The first-order valence-corrected chi connectivity index (χ1v) is 9.68. The highest BCUT2D eigenvalue weighted by Gasteiger charge is 2.28. The highest BCUT2D eigenvalue weighted by molar-refractivity contribution is 6.42. The van der Waals surface area contributed by atoms with E-state index in [2.05, 4.69) is 15.6 Å². The Balaban J connectivity index is 1.75. The molecule has 0 aliphatic carbocycles. The van der Waals surface area contributed by atoms with Crippen molar-refractivity contribution in [3.8, 4) is 0 Å². The zero-order chi connectivity index (χ0) is 21.3. The number of nitrogens with zero attached hydrogens (tertiary/aromatic N) is 1. The van der Waals surface area contributed by atoms with Crippen LogP contribution in [0, 0.1) is 5.82 Å². The maximum atomic E-state index is 14.5. The third kappa shape index (κ3) is 3.92. The molecule has 8 heteroatoms. The van der Waals surface area contributed by atoms with Crippen molar-refractivity contribution >= 4 is 46.4 Å². The van der Waals surface area contributed by atoms with Crippen LogP contribution in [-0.2, 0) is 4.79 Å². The van der Waals surface area contributed by atoms with E-state index >= 15 is 0 Å². The number of nitrogens with one attached hydrogen (secondary N) is 2. The average molecular weight is 442 g/mol. The number of aliphatic imine (C=N–C) groups is 1. The third-order valence-electron chi connectivity index (χ3n) is 4.53. The average Bonchev–Trinajstić information content (AvgIpc) is 2.87. The van der Waals surface area contributed by atoms with Crippen molar-refractivity contribution in [2.45, 2.75) is 6.17 Å². The molecule has 3 aromatic rings. The molecule has 0 radical (unpaired) electrons. The SMILES string of the molecule is O=C(NC1N=C(c2ccccc2F)c2ccccc2NC1=O)c1ccc(Cl)c(Cl)c1. The minimum atomic E-state index is -1.28. The number of carbonyl (C=O) groups excluding carboxylic acids is 2. The number of benzene rings is 3. The van der Waals surface area contributed by atoms with Crippen LogP contribution in [0.15, 0.2) is 71.7 Å². The molecule has 2 amide bonds. The van der Waals surface area contributed by atoms with Gasteiger partial charge in [-0.15, -0.1) is 0 Å². The molecule has 1 aliphatic heterocycles. The molecular weight excluding hydrogens is 428 g/mol. The minimum absolute atomic E-state index is 0.206. The van der Waals surface area contributed by atoms with Gasteiger partial charge in [0.2, 0.25) is 6.17 Å². The van der Waals surface area contributed by atoms with E-state index in [1.807, 2.05) is 0 Å². The number of halogens is 3. The standard InChI is InChI=1S/C22H14Cl2FN3O2/c23-15-10-9-12(11-16(15)24)21(29)28-20-22(30)26-18-8-4-2-6-14(18)19(27-20)13-5-1-3-7-17(13)25/h1-11,20H,(H,26,30)(H,28,29). The van der Waals surface area contributed by atoms with Gasteiger partial charge in [0.15, 0.2) is 0 Å². The van der Waals surface area contributed by atoms with Crippen molar-refractivity contribution in [2.75, 3.05) is 5.32 Å². The predicted molar refractivity (Wildman–Crippen MR) is 115 cm³/mol. The molecule has 1 heterocycles. The lowest BCUT2D eigenvalue weighted by atomic mass is 10.0. The first-order valence-electron chi connectivity index (χ1n) is 8.93. The van der Waals surface area contributed by atoms with E-state index in [9.17, 15) is 14.0 Å². The molecule has 0 saturated heterocycles. The Morgan fingerprint density at radius 3 is 2.40 bits per heavy atom. The number of hydrogen-bond donors (Lipinski definition) is 2. The van der Waals surface area contributed by atoms with Crippen LogP contribution >= 0.6 is 23.2 Å². The van der Waals surface area contributed by atoms with Crippen molar-refractivity contribution in [2.24, 2.45) is 4.99 Å². The lowest BCUT2D eigenvalue weighted by Gasteiger charge is -2.14. The summed E-state index contributed by atoms with van der Waals surface area (Å²) in [6, 6.07) is 17.4. The van der Waals surface area contributed by atoms with Crippen LogP contribution in [0.3, 0.4) is 0 Å². The van der Waals surface area contributed by atoms with Gasteiger partial charge in [-0.3, -0.25) is 9.59 Å². The molecule has 30 heavy (non-hydrogen) atoms. The topological polar surface area (TPSA) is 70.6 Å². The molecule has 1 atom stereocenters. The Hall–Kier alpha value is -3.22. The third-order valence-corrected chi connectivity index (χ3v) is 5.26. The number of rotatable bonds is 3. The molecule has 0 saturated carbocycles. The van der Waals surface area contributed by atoms with Crippen molar-refractivity contribution in [3.05, 3.63) is 99.3 Å². The van der Waals surface area contributed by atoms with Gasteiger partial charge >= 0.3 is 0 Å². The summed E-state index contributed by atoms with van der Waals surface area (Å²) in [6.07, 6.45) is -1.28. The molecule has 150 valence electrons. The Labute approximate surface area is 181 Å². The molecular formula is C22H14Cl2FN3O2. The van der Waals surface area contributed by atoms with Crippen LogP contribution in [0.4, 0.5) is 10.1 Å². The molecule has 0 spiro atoms. The van der Waals surface area contributed by atoms with Gasteiger partial charge in [0.25, 0.3) is 11.8 Å². The van der Waals surface area contributed by atoms with Crippen LogP contribution < -0.4 is 10.6 Å². The summed E-state index contributed by atoms with van der Waals surface area (Å²) in [6.45, 7) is 0. The predicted octanol–water partition coefficient (Wildman–Crippen LogP) is 4.68. The summed E-state index contributed by atoms with van der Waals surface area (Å²) in [5, 5.41) is 5.80. The number of anilines is 1. The van der Waals surface area contributed by atoms with Crippen LogP contribution in [-0.4, -0.2) is 23.7 Å². The van der Waals surface area contributed by atoms with Gasteiger partial charge < -0.3 is 10.6 Å². The van der Waals surface area contributed by atoms with Gasteiger partial charge in [-0.2, -0.15) is 0 Å². The summed E-state index contributed by atoms with van der Waals surface area (Å²) in [7, 11) is 0. The van der Waals surface area contributed by atoms with Crippen molar-refractivity contribution in [1.82, 2.24) is 5.32 Å². The summed E-state index contributed by atoms with van der Waals surface area (Å²) < 4.78 is 14.5. The second-order valence-corrected chi connectivity index (χ2v) is 7.31. The van der Waals surface area contributed by atoms with Crippen LogP contribution in [0.2, 0.25) is 10.0 Å². The van der Waals surface area contributed by atoms with E-state index in [0.29, 0.717) is 16.3 Å². The molecule has 0 aromatic heterocycles. The largest absolute Gasteiger partial charge is 0.322 e. The van der Waals surface area contributed by atoms with Gasteiger partial charge in [0.05, 0.1) is 21.4 Å². The number of para-hydroxylation sites is 1. The quantitative estimate of drug-likeness (QED) is 0.619. The molecule has 1 aliphatic rings. The number of fused-ring (bicyclic) bond motifs is 1. The fraction of sp³-hybridized carbons (Fsp3) is 0.0455. The monoisotopic (exact) mass is 441 g/mol. The summed E-state index contributed by atoms with van der Waals surface area (Å²) in [5.74, 6) is -1.62. The van der Waals surface area contributed by atoms with Gasteiger partial charge in [0.1, 0.15) is 5.82 Å². The van der Waals surface area contributed by atoms with Gasteiger partial charge in [-0.25, -0.2) is 9.38 Å². The second kappa shape index (κ2) is 8.26. The summed E-state index contributed by atoms with van der Waals surface area (Å²) in [5.41, 5.74) is 1.69. The van der Waals surface area contributed by atoms with E-state index < -0.39 is 23.8 Å². The minimum Gasteiger partial charge on any atom is -0.322 e. The lowest BCUT2D eigenvalue weighted by molar-refractivity contribution is -0.117. The van der Waals surface area contributed by atoms with Crippen LogP contribution in [0.1, 0.15) is 21.5 Å². The molecule has 1 unspecified atom stereocenters. The first kappa shape index (κ1) is 20.1. The van der Waals surface area contributed by atoms with E-state index in [1.54, 1.807) is 42.5 Å². The van der Waals surface area contributed by atoms with Crippen LogP contribution in [0.25, 0.3) is 0 Å². The zero-order valence-electron chi connectivity index (χ0n) is 15.3. The highest BCUT2D eigenvalue weighted by Crippen LogP contribution is 2.26. The molecule has 0 fully saturated rings. The smallest absolute Gasteiger partial charge is 0.269 e. The lowest BCUT2D eigenvalue weighted by Crippen LogP contribution is -2.42. The van der Waals surface area contributed by atoms with Crippen LogP contribution in [0.5, 0.6) is 0 Å². The maximum absolute atomic E-state index is 14.5. The fourth-order valence-electron chi connectivity index (χ4n) is 3.07. The molecule has 5 nitrogen and oxygen atoms in total. The van der Waals surface area contributed by atoms with Crippen molar-refractivity contribution < 1.29 is 14.0 Å². The van der Waals surface area contributed by atoms with E-state index in [-0.39, 0.29) is 21.9 Å². The molecule has 4 rings (SSSR count). The van der Waals surface area contributed by atoms with E-state index in [1.165, 1.54) is 24.3 Å². The molecule has 0 bridgehead atoms. The van der Waals surface area contributed by atoms with E-state index in [4.69, 9.17) is 23.2 Å². The Bertz CT molecular complexity index is 1200. The van der Waals surface area contributed by atoms with E-state index in [0.717, 1.165) is 0 Å². The van der Waals surface area contributed by atoms with Gasteiger partial charge in [0, 0.05) is 16.7 Å². The Morgan fingerprint density at radius 2 is 1.67 bits per heavy atom. The summed E-state index contributed by atoms with van der Waals surface area (Å²) >= 11 is 11.9.